The van der Waals surface area contributed by atoms with Gasteiger partial charge >= 0.3 is 6.09 Å². The molecule has 7 nitrogen and oxygen atoms in total. The van der Waals surface area contributed by atoms with Gasteiger partial charge in [-0.15, -0.1) is 0 Å². The maximum atomic E-state index is 13.0. The first kappa shape index (κ1) is 22.8. The summed E-state index contributed by atoms with van der Waals surface area (Å²) in [6.45, 7) is 3.74. The van der Waals surface area contributed by atoms with E-state index < -0.39 is 36.2 Å². The molecule has 0 unspecified atom stereocenters. The normalized spacial score (nSPS) is 18.9. The molecule has 3 rings (SSSR count). The van der Waals surface area contributed by atoms with Gasteiger partial charge in [-0.25, -0.2) is 9.69 Å². The van der Waals surface area contributed by atoms with Crippen LogP contribution in [0.2, 0.25) is 0 Å². The van der Waals surface area contributed by atoms with E-state index in [4.69, 9.17) is 14.2 Å². The molecule has 1 aliphatic heterocycles. The zero-order valence-electron chi connectivity index (χ0n) is 18.1. The van der Waals surface area contributed by atoms with Crippen molar-refractivity contribution < 1.29 is 28.9 Å². The molecular weight excluding hydrogens is 398 g/mol. The Bertz CT molecular complexity index is 869. The van der Waals surface area contributed by atoms with E-state index in [1.165, 1.54) is 0 Å². The molecular formula is C24H29NO6. The van der Waals surface area contributed by atoms with E-state index >= 15 is 0 Å². The highest BCUT2D eigenvalue weighted by molar-refractivity contribution is 5.95. The fraction of sp³-hybridized carbons (Fsp3) is 0.417. The van der Waals surface area contributed by atoms with Crippen LogP contribution < -0.4 is 4.74 Å². The number of benzene rings is 2. The summed E-state index contributed by atoms with van der Waals surface area (Å²) in [5.74, 6) is -0.538. The van der Waals surface area contributed by atoms with Crippen LogP contribution in [-0.4, -0.2) is 54.0 Å². The zero-order valence-corrected chi connectivity index (χ0v) is 18.1. The fourth-order valence-electron chi connectivity index (χ4n) is 3.59. The predicted octanol–water partition coefficient (Wildman–Crippen LogP) is 3.19. The zero-order chi connectivity index (χ0) is 22.4. The molecule has 2 amide bonds. The Hall–Kier alpha value is -2.90. The van der Waals surface area contributed by atoms with E-state index in [2.05, 4.69) is 0 Å². The Morgan fingerprint density at radius 2 is 1.81 bits per heavy atom. The number of methoxy groups -OCH3 is 1. The fourth-order valence-corrected chi connectivity index (χ4v) is 3.59. The quantitative estimate of drug-likeness (QED) is 0.662. The summed E-state index contributed by atoms with van der Waals surface area (Å²) in [5, 5.41) is 10.7. The van der Waals surface area contributed by atoms with Crippen LogP contribution in [0.3, 0.4) is 0 Å². The van der Waals surface area contributed by atoms with Gasteiger partial charge in [0.2, 0.25) is 5.91 Å². The summed E-state index contributed by atoms with van der Waals surface area (Å²) in [5.41, 5.74) is 1.93. The summed E-state index contributed by atoms with van der Waals surface area (Å²) in [7, 11) is 1.60. The summed E-state index contributed by atoms with van der Waals surface area (Å²) < 4.78 is 16.0. The molecule has 1 aliphatic rings. The van der Waals surface area contributed by atoms with Crippen LogP contribution >= 0.6 is 0 Å². The van der Waals surface area contributed by atoms with Crippen LogP contribution in [-0.2, 0) is 27.3 Å². The second-order valence-corrected chi connectivity index (χ2v) is 7.77. The highest BCUT2D eigenvalue weighted by Gasteiger charge is 2.42. The largest absolute Gasteiger partial charge is 0.497 e. The van der Waals surface area contributed by atoms with Gasteiger partial charge in [0.15, 0.2) is 0 Å². The lowest BCUT2D eigenvalue weighted by atomic mass is 9.97. The number of amides is 2. The second kappa shape index (κ2) is 10.4. The molecule has 1 heterocycles. The van der Waals surface area contributed by atoms with Crippen LogP contribution in [0.25, 0.3) is 0 Å². The average Bonchev–Trinajstić information content (AvgIpc) is 3.16. The van der Waals surface area contributed by atoms with Gasteiger partial charge in [-0.2, -0.15) is 0 Å². The Balaban J connectivity index is 1.59. The van der Waals surface area contributed by atoms with Crippen molar-refractivity contribution in [2.24, 2.45) is 5.92 Å². The number of carbonyl (C=O) groups is 2. The minimum atomic E-state index is -1.07. The summed E-state index contributed by atoms with van der Waals surface area (Å²) >= 11 is 0. The van der Waals surface area contributed by atoms with Crippen molar-refractivity contribution >= 4 is 12.0 Å². The maximum absolute atomic E-state index is 13.0. The summed E-state index contributed by atoms with van der Waals surface area (Å²) in [6, 6.07) is 16.6. The molecule has 0 spiro atoms. The smallest absolute Gasteiger partial charge is 0.416 e. The number of hydrogen-bond donors (Lipinski definition) is 1. The molecule has 0 bridgehead atoms. The number of carbonyl (C=O) groups excluding carboxylic acids is 2. The van der Waals surface area contributed by atoms with Crippen LogP contribution in [0.5, 0.6) is 5.75 Å². The van der Waals surface area contributed by atoms with E-state index in [0.717, 1.165) is 21.8 Å². The van der Waals surface area contributed by atoms with Crippen LogP contribution in [0.15, 0.2) is 54.6 Å². The lowest BCUT2D eigenvalue weighted by molar-refractivity contribution is -0.141. The first-order valence-corrected chi connectivity index (χ1v) is 10.4. The van der Waals surface area contributed by atoms with Gasteiger partial charge in [0.05, 0.1) is 37.9 Å². The first-order chi connectivity index (χ1) is 14.9. The van der Waals surface area contributed by atoms with Crippen LogP contribution in [0, 0.1) is 5.92 Å². The van der Waals surface area contributed by atoms with Crippen LogP contribution in [0.4, 0.5) is 4.79 Å². The Labute approximate surface area is 182 Å². The number of nitrogens with zero attached hydrogens (tertiary/aromatic N) is 1. The SMILES string of the molecule is COc1ccc(CO[C@@H](C)[C@@H](O)[C@H](C)C(=O)N2C(=O)OC[C@H]2Cc2ccccc2)cc1. The number of aliphatic hydroxyl groups is 1. The molecule has 1 N–H and O–H groups in total. The third-order valence-corrected chi connectivity index (χ3v) is 5.57. The molecule has 2 aromatic rings. The van der Waals surface area contributed by atoms with Gasteiger partial charge in [-0.3, -0.25) is 4.79 Å². The van der Waals surface area contributed by atoms with Crippen molar-refractivity contribution in [1.29, 1.82) is 0 Å². The van der Waals surface area contributed by atoms with Gasteiger partial charge in [0, 0.05) is 0 Å². The highest BCUT2D eigenvalue weighted by atomic mass is 16.6. The standard InChI is InChI=1S/C24H29NO6/c1-16(22(26)17(2)30-14-19-9-11-21(29-3)12-10-19)23(27)25-20(15-31-24(25)28)13-18-7-5-4-6-8-18/h4-12,16-17,20,22,26H,13-15H2,1-3H3/t16-,17-,20+,22-/m0/s1. The van der Waals surface area contributed by atoms with E-state index in [9.17, 15) is 14.7 Å². The third-order valence-electron chi connectivity index (χ3n) is 5.57. The van der Waals surface area contributed by atoms with Gasteiger partial charge in [-0.05, 0) is 36.6 Å². The number of cyclic esters (lactones) is 1. The number of ether oxygens (including phenoxy) is 3. The van der Waals surface area contributed by atoms with Crippen molar-refractivity contribution in [3.8, 4) is 5.75 Å². The molecule has 2 aromatic carbocycles. The Morgan fingerprint density at radius 1 is 1.13 bits per heavy atom. The predicted molar refractivity (Wildman–Crippen MR) is 115 cm³/mol. The topological polar surface area (TPSA) is 85.3 Å². The van der Waals surface area contributed by atoms with E-state index in [0.29, 0.717) is 6.42 Å². The van der Waals surface area contributed by atoms with Crippen molar-refractivity contribution in [2.45, 2.75) is 45.1 Å². The van der Waals surface area contributed by atoms with Crippen molar-refractivity contribution in [3.05, 3.63) is 65.7 Å². The van der Waals surface area contributed by atoms with Crippen molar-refractivity contribution in [3.63, 3.8) is 0 Å². The summed E-state index contributed by atoms with van der Waals surface area (Å²) in [4.78, 5) is 26.4. The summed E-state index contributed by atoms with van der Waals surface area (Å²) in [6.07, 6.45) is -1.84. The molecule has 1 saturated heterocycles. The number of rotatable bonds is 9. The van der Waals surface area contributed by atoms with Gasteiger partial charge < -0.3 is 19.3 Å². The molecule has 0 radical (unpaired) electrons. The van der Waals surface area contributed by atoms with Gasteiger partial charge in [-0.1, -0.05) is 49.4 Å². The first-order valence-electron chi connectivity index (χ1n) is 10.4. The Kier molecular flexibility index (Phi) is 7.65. The minimum absolute atomic E-state index is 0.145. The van der Waals surface area contributed by atoms with Gasteiger partial charge in [0.25, 0.3) is 0 Å². The second-order valence-electron chi connectivity index (χ2n) is 7.77. The molecule has 166 valence electrons. The molecule has 31 heavy (non-hydrogen) atoms. The monoisotopic (exact) mass is 427 g/mol. The molecule has 0 aromatic heterocycles. The van der Waals surface area contributed by atoms with Gasteiger partial charge in [0.1, 0.15) is 12.4 Å². The molecule has 4 atom stereocenters. The number of imide groups is 1. The van der Waals surface area contributed by atoms with E-state index in [1.54, 1.807) is 21.0 Å². The van der Waals surface area contributed by atoms with E-state index in [-0.39, 0.29) is 13.2 Å². The average molecular weight is 427 g/mol. The maximum Gasteiger partial charge on any atom is 0.416 e. The van der Waals surface area contributed by atoms with Crippen molar-refractivity contribution in [2.75, 3.05) is 13.7 Å². The molecule has 1 fully saturated rings. The van der Waals surface area contributed by atoms with Crippen LogP contribution in [0.1, 0.15) is 25.0 Å². The molecule has 0 saturated carbocycles. The molecule has 0 aliphatic carbocycles. The van der Waals surface area contributed by atoms with E-state index in [1.807, 2.05) is 54.6 Å². The minimum Gasteiger partial charge on any atom is -0.497 e. The number of hydrogen-bond acceptors (Lipinski definition) is 6. The lowest BCUT2D eigenvalue weighted by Gasteiger charge is -2.28. The Morgan fingerprint density at radius 3 is 2.45 bits per heavy atom. The number of aliphatic hydroxyl groups excluding tert-OH is 1. The lowest BCUT2D eigenvalue weighted by Crippen LogP contribution is -2.48. The third kappa shape index (κ3) is 5.62. The molecule has 7 heteroatoms. The van der Waals surface area contributed by atoms with Crippen molar-refractivity contribution in [1.82, 2.24) is 4.90 Å². The highest BCUT2D eigenvalue weighted by Crippen LogP contribution is 2.23.